The Morgan fingerprint density at radius 2 is 2.19 bits per heavy atom. The molecule has 10 heteroatoms. The third-order valence-electron chi connectivity index (χ3n) is 3.25. The lowest BCUT2D eigenvalue weighted by molar-refractivity contribution is -0.389. The zero-order chi connectivity index (χ0) is 15.0. The van der Waals surface area contributed by atoms with Gasteiger partial charge in [-0.15, -0.1) is 5.10 Å². The molecule has 1 fully saturated rings. The van der Waals surface area contributed by atoms with Gasteiger partial charge in [-0.1, -0.05) is 5.21 Å². The smallest absolute Gasteiger partial charge is 0.363 e. The first-order valence-electron chi connectivity index (χ1n) is 6.05. The number of aromatic nitrogens is 4. The van der Waals surface area contributed by atoms with Crippen molar-refractivity contribution < 1.29 is 14.8 Å². The molecule has 0 amide bonds. The minimum atomic E-state index is -1.11. The van der Waals surface area contributed by atoms with E-state index in [2.05, 4.69) is 15.3 Å². The molecule has 0 bridgehead atoms. The fraction of sp³-hybridized carbons (Fsp3) is 0.273. The van der Waals surface area contributed by atoms with Crippen LogP contribution in [0.1, 0.15) is 16.5 Å². The molecule has 0 aromatic carbocycles. The lowest BCUT2D eigenvalue weighted by atomic mass is 10.1. The van der Waals surface area contributed by atoms with E-state index in [1.165, 1.54) is 23.1 Å². The van der Waals surface area contributed by atoms with Crippen molar-refractivity contribution in [3.05, 3.63) is 40.3 Å². The molecule has 1 aliphatic rings. The highest BCUT2D eigenvalue weighted by Gasteiger charge is 2.30. The highest BCUT2D eigenvalue weighted by molar-refractivity contribution is 5.84. The van der Waals surface area contributed by atoms with E-state index < -0.39 is 10.9 Å². The first-order valence-corrected chi connectivity index (χ1v) is 6.05. The summed E-state index contributed by atoms with van der Waals surface area (Å²) in [5.41, 5.74) is 0.681. The molecule has 0 atom stereocenters. The third-order valence-corrected chi connectivity index (χ3v) is 3.25. The number of carbonyl (C=O) groups is 1. The van der Waals surface area contributed by atoms with Gasteiger partial charge in [0.05, 0.1) is 17.9 Å². The number of hydrogen-bond acceptors (Lipinski definition) is 7. The van der Waals surface area contributed by atoms with E-state index in [9.17, 15) is 14.9 Å². The van der Waals surface area contributed by atoms with Crippen molar-refractivity contribution in [1.29, 1.82) is 0 Å². The molecule has 0 spiro atoms. The maximum Gasteiger partial charge on any atom is 0.363 e. The largest absolute Gasteiger partial charge is 0.476 e. The standard InChI is InChI=1S/C11H10N6O4/c18-11(19)9-6-16(14-13-9)8-4-15(5-8)7-1-2-10(12-3-7)17(20)21/h1-3,6,8H,4-5H2,(H,18,19). The van der Waals surface area contributed by atoms with Crippen LogP contribution in [0.15, 0.2) is 24.5 Å². The number of rotatable bonds is 4. The summed E-state index contributed by atoms with van der Waals surface area (Å²) in [6, 6.07) is 3.01. The van der Waals surface area contributed by atoms with Gasteiger partial charge in [0, 0.05) is 19.2 Å². The van der Waals surface area contributed by atoms with E-state index in [0.717, 1.165) is 5.69 Å². The Bertz CT molecular complexity index is 691. The van der Waals surface area contributed by atoms with Gasteiger partial charge in [0.15, 0.2) is 11.9 Å². The van der Waals surface area contributed by atoms with Gasteiger partial charge >= 0.3 is 11.8 Å². The summed E-state index contributed by atoms with van der Waals surface area (Å²) < 4.78 is 1.51. The minimum Gasteiger partial charge on any atom is -0.476 e. The van der Waals surface area contributed by atoms with Gasteiger partial charge in [-0.3, -0.25) is 0 Å². The Morgan fingerprint density at radius 1 is 1.43 bits per heavy atom. The topological polar surface area (TPSA) is 127 Å². The summed E-state index contributed by atoms with van der Waals surface area (Å²) in [7, 11) is 0. The highest BCUT2D eigenvalue weighted by atomic mass is 16.6. The average Bonchev–Trinajstić information content (AvgIpc) is 2.87. The van der Waals surface area contributed by atoms with Crippen molar-refractivity contribution in [3.8, 4) is 0 Å². The second-order valence-electron chi connectivity index (χ2n) is 4.58. The van der Waals surface area contributed by atoms with Crippen LogP contribution in [-0.4, -0.2) is 49.1 Å². The number of hydrogen-bond donors (Lipinski definition) is 1. The molecule has 21 heavy (non-hydrogen) atoms. The van der Waals surface area contributed by atoms with Gasteiger partial charge in [0.1, 0.15) is 0 Å². The number of nitro groups is 1. The predicted molar refractivity (Wildman–Crippen MR) is 69.1 cm³/mol. The van der Waals surface area contributed by atoms with Crippen LogP contribution in [0.25, 0.3) is 0 Å². The number of pyridine rings is 1. The molecule has 108 valence electrons. The Hall–Kier alpha value is -3.04. The van der Waals surface area contributed by atoms with E-state index in [0.29, 0.717) is 13.1 Å². The van der Waals surface area contributed by atoms with Crippen LogP contribution in [0.4, 0.5) is 11.5 Å². The van der Waals surface area contributed by atoms with Crippen LogP contribution >= 0.6 is 0 Å². The predicted octanol–water partition coefficient (Wildman–Crippen LogP) is 0.341. The second kappa shape index (κ2) is 4.81. The van der Waals surface area contributed by atoms with Gasteiger partial charge < -0.3 is 20.1 Å². The van der Waals surface area contributed by atoms with Gasteiger partial charge in [0.2, 0.25) is 0 Å². The first kappa shape index (κ1) is 13.0. The average molecular weight is 290 g/mol. The lowest BCUT2D eigenvalue weighted by Crippen LogP contribution is -2.48. The molecule has 0 radical (unpaired) electrons. The summed E-state index contributed by atoms with van der Waals surface area (Å²) in [6.45, 7) is 1.23. The Balaban J connectivity index is 1.64. The SMILES string of the molecule is O=C(O)c1cn(C2CN(c3ccc([N+](=O)[O-])nc3)C2)nn1. The van der Waals surface area contributed by atoms with Crippen molar-refractivity contribution in [1.82, 2.24) is 20.0 Å². The quantitative estimate of drug-likeness (QED) is 0.630. The molecule has 1 aliphatic heterocycles. The van der Waals surface area contributed by atoms with E-state index >= 15 is 0 Å². The van der Waals surface area contributed by atoms with Crippen molar-refractivity contribution >= 4 is 17.5 Å². The molecule has 10 nitrogen and oxygen atoms in total. The fourth-order valence-corrected chi connectivity index (χ4v) is 2.06. The van der Waals surface area contributed by atoms with Crippen LogP contribution in [0.3, 0.4) is 0 Å². The van der Waals surface area contributed by atoms with Crippen LogP contribution in [0.5, 0.6) is 0 Å². The Kier molecular flexibility index (Phi) is 2.97. The van der Waals surface area contributed by atoms with Crippen LogP contribution in [-0.2, 0) is 0 Å². The van der Waals surface area contributed by atoms with Crippen molar-refractivity contribution in [2.45, 2.75) is 6.04 Å². The first-order chi connectivity index (χ1) is 10.0. The number of nitrogens with zero attached hydrogens (tertiary/aromatic N) is 6. The second-order valence-corrected chi connectivity index (χ2v) is 4.58. The normalized spacial score (nSPS) is 14.8. The van der Waals surface area contributed by atoms with E-state index in [-0.39, 0.29) is 17.6 Å². The molecule has 1 saturated heterocycles. The van der Waals surface area contributed by atoms with E-state index in [4.69, 9.17) is 5.11 Å². The minimum absolute atomic E-state index is 0.0285. The van der Waals surface area contributed by atoms with Gasteiger partial charge in [-0.2, -0.15) is 0 Å². The van der Waals surface area contributed by atoms with Crippen LogP contribution in [0.2, 0.25) is 0 Å². The molecular weight excluding hydrogens is 280 g/mol. The van der Waals surface area contributed by atoms with Gasteiger partial charge in [0.25, 0.3) is 0 Å². The molecule has 0 saturated carbocycles. The summed E-state index contributed by atoms with van der Waals surface area (Å²) in [5.74, 6) is -1.31. The van der Waals surface area contributed by atoms with Crippen molar-refractivity contribution in [3.63, 3.8) is 0 Å². The molecule has 3 rings (SSSR count). The molecule has 1 N–H and O–H groups in total. The summed E-state index contributed by atoms with van der Waals surface area (Å²) in [5, 5.41) is 26.6. The molecule has 0 aliphatic carbocycles. The molecular formula is C11H10N6O4. The van der Waals surface area contributed by atoms with Gasteiger partial charge in [-0.25, -0.2) is 9.48 Å². The van der Waals surface area contributed by atoms with Crippen molar-refractivity contribution in [2.75, 3.05) is 18.0 Å². The van der Waals surface area contributed by atoms with Crippen LogP contribution in [0, 0.1) is 10.1 Å². The van der Waals surface area contributed by atoms with Gasteiger partial charge in [-0.05, 0) is 16.0 Å². The molecule has 3 heterocycles. The number of carboxylic acid groups (broad SMARTS) is 1. The monoisotopic (exact) mass is 290 g/mol. The maximum atomic E-state index is 10.7. The Morgan fingerprint density at radius 3 is 2.71 bits per heavy atom. The molecule has 2 aromatic rings. The number of anilines is 1. The third kappa shape index (κ3) is 2.38. The number of aromatic carboxylic acids is 1. The van der Waals surface area contributed by atoms with Crippen molar-refractivity contribution in [2.24, 2.45) is 0 Å². The van der Waals surface area contributed by atoms with E-state index in [1.807, 2.05) is 4.90 Å². The summed E-state index contributed by atoms with van der Waals surface area (Å²) >= 11 is 0. The Labute approximate surface area is 117 Å². The fourth-order valence-electron chi connectivity index (χ4n) is 2.06. The zero-order valence-corrected chi connectivity index (χ0v) is 10.7. The van der Waals surface area contributed by atoms with E-state index in [1.54, 1.807) is 6.07 Å². The highest BCUT2D eigenvalue weighted by Crippen LogP contribution is 2.27. The number of carboxylic acids is 1. The van der Waals surface area contributed by atoms with Crippen LogP contribution < -0.4 is 4.90 Å². The zero-order valence-electron chi connectivity index (χ0n) is 10.7. The molecule has 2 aromatic heterocycles. The summed E-state index contributed by atoms with van der Waals surface area (Å²) in [6.07, 6.45) is 2.83. The summed E-state index contributed by atoms with van der Waals surface area (Å²) in [4.78, 5) is 26.4. The lowest BCUT2D eigenvalue weighted by Gasteiger charge is -2.39. The molecule has 0 unspecified atom stereocenters. The maximum absolute atomic E-state index is 10.7.